The van der Waals surface area contributed by atoms with Gasteiger partial charge in [-0.1, -0.05) is 60.7 Å². The van der Waals surface area contributed by atoms with E-state index in [1.165, 1.54) is 0 Å². The number of rotatable bonds is 8. The van der Waals surface area contributed by atoms with Crippen molar-refractivity contribution >= 4 is 16.7 Å². The minimum atomic E-state index is -0.933. The molecule has 5 rings (SSSR count). The molecule has 1 aromatic heterocycles. The third-order valence-electron chi connectivity index (χ3n) is 6.60. The molecule has 0 aliphatic carbocycles. The second kappa shape index (κ2) is 10.5. The third kappa shape index (κ3) is 5.27. The van der Waals surface area contributed by atoms with Gasteiger partial charge in [0.25, 0.3) is 0 Å². The maximum absolute atomic E-state index is 11.3. The number of carboxylic acid groups (broad SMARTS) is 1. The first-order valence-corrected chi connectivity index (χ1v) is 12.0. The van der Waals surface area contributed by atoms with Crippen LogP contribution in [-0.2, 0) is 26.7 Å². The van der Waals surface area contributed by atoms with E-state index in [1.807, 2.05) is 60.3 Å². The van der Waals surface area contributed by atoms with Crippen molar-refractivity contribution in [3.8, 4) is 17.2 Å². The van der Waals surface area contributed by atoms with Gasteiger partial charge in [-0.3, -0.25) is 4.90 Å². The number of hydrogen-bond acceptors (Lipinski definition) is 4. The van der Waals surface area contributed by atoms with Gasteiger partial charge in [0, 0.05) is 38.4 Å². The Hall–Kier alpha value is -4.73. The molecular weight excluding hydrogens is 460 g/mol. The molecule has 0 radical (unpaired) electrons. The molecule has 0 saturated heterocycles. The molecule has 37 heavy (non-hydrogen) atoms. The number of aromatic carboxylic acids is 1. The smallest absolute Gasteiger partial charge is 0.335 e. The summed E-state index contributed by atoms with van der Waals surface area (Å²) in [5.74, 6) is -0.933. The molecule has 0 saturated carbocycles. The number of aryl methyl sites for hydroxylation is 1. The molecule has 0 atom stereocenters. The number of aromatic nitrogens is 2. The Balaban J connectivity index is 1.49. The van der Waals surface area contributed by atoms with Gasteiger partial charge in [-0.05, 0) is 51.7 Å². The molecule has 6 heteroatoms. The fraction of sp³-hybridized carbons (Fsp3) is 0.129. The van der Waals surface area contributed by atoms with Crippen molar-refractivity contribution in [1.29, 1.82) is 5.26 Å². The van der Waals surface area contributed by atoms with Crippen LogP contribution in [0.15, 0.2) is 97.5 Å². The molecule has 5 aromatic rings. The molecule has 0 bridgehead atoms. The first kappa shape index (κ1) is 24.0. The molecule has 4 aromatic carbocycles. The van der Waals surface area contributed by atoms with Crippen LogP contribution in [0.1, 0.15) is 32.7 Å². The molecule has 0 fully saturated rings. The van der Waals surface area contributed by atoms with Gasteiger partial charge < -0.3 is 9.67 Å². The van der Waals surface area contributed by atoms with Gasteiger partial charge in [0.05, 0.1) is 29.2 Å². The lowest BCUT2D eigenvalue weighted by Crippen LogP contribution is -2.23. The Morgan fingerprint density at radius 3 is 2.38 bits per heavy atom. The summed E-state index contributed by atoms with van der Waals surface area (Å²) in [7, 11) is 1.97. The van der Waals surface area contributed by atoms with Gasteiger partial charge in [-0.15, -0.1) is 0 Å². The van der Waals surface area contributed by atoms with Crippen LogP contribution in [-0.4, -0.2) is 25.5 Å². The molecule has 0 unspecified atom stereocenters. The topological polar surface area (TPSA) is 82.2 Å². The van der Waals surface area contributed by atoms with Crippen LogP contribution >= 0.6 is 0 Å². The Morgan fingerprint density at radius 2 is 1.65 bits per heavy atom. The van der Waals surface area contributed by atoms with Crippen molar-refractivity contribution in [3.05, 3.63) is 125 Å². The Kier molecular flexibility index (Phi) is 6.80. The highest BCUT2D eigenvalue weighted by Gasteiger charge is 2.15. The zero-order chi connectivity index (χ0) is 25.8. The summed E-state index contributed by atoms with van der Waals surface area (Å²) in [6.07, 6.45) is 3.65. The lowest BCUT2D eigenvalue weighted by Gasteiger charge is -2.23. The van der Waals surface area contributed by atoms with Crippen molar-refractivity contribution < 1.29 is 9.90 Å². The summed E-state index contributed by atoms with van der Waals surface area (Å²) < 4.78 is 2.00. The monoisotopic (exact) mass is 486 g/mol. The van der Waals surface area contributed by atoms with Crippen molar-refractivity contribution in [3.63, 3.8) is 0 Å². The molecular formula is C31H26N4O2. The summed E-state index contributed by atoms with van der Waals surface area (Å²) in [6.45, 7) is 1.95. The van der Waals surface area contributed by atoms with Crippen molar-refractivity contribution in [2.24, 2.45) is 7.05 Å². The van der Waals surface area contributed by atoms with Gasteiger partial charge >= 0.3 is 5.97 Å². The lowest BCUT2D eigenvalue weighted by molar-refractivity contribution is 0.0697. The number of hydrogen-bond donors (Lipinski definition) is 1. The molecule has 182 valence electrons. The maximum atomic E-state index is 11.3. The van der Waals surface area contributed by atoms with Crippen LogP contribution in [0.5, 0.6) is 0 Å². The van der Waals surface area contributed by atoms with Crippen molar-refractivity contribution in [2.45, 2.75) is 19.6 Å². The van der Waals surface area contributed by atoms with Crippen LogP contribution in [0.3, 0.4) is 0 Å². The van der Waals surface area contributed by atoms with Crippen LogP contribution in [0.25, 0.3) is 21.9 Å². The van der Waals surface area contributed by atoms with Crippen molar-refractivity contribution in [2.75, 3.05) is 0 Å². The highest BCUT2D eigenvalue weighted by molar-refractivity contribution is 5.97. The molecule has 0 amide bonds. The summed E-state index contributed by atoms with van der Waals surface area (Å²) in [5.41, 5.74) is 6.06. The Morgan fingerprint density at radius 1 is 0.919 bits per heavy atom. The minimum Gasteiger partial charge on any atom is -0.478 e. The molecule has 0 spiro atoms. The third-order valence-corrected chi connectivity index (χ3v) is 6.60. The van der Waals surface area contributed by atoms with Crippen molar-refractivity contribution in [1.82, 2.24) is 14.5 Å². The SMILES string of the molecule is Cn1cncc1CN(Cc1ccc(C(=O)O)cc1)Cc1ccc(C#N)c(-c2cccc3ccccc23)c1. The minimum absolute atomic E-state index is 0.272. The van der Waals surface area contributed by atoms with Gasteiger partial charge in [-0.25, -0.2) is 9.78 Å². The van der Waals surface area contributed by atoms with E-state index in [1.54, 1.807) is 18.5 Å². The average Bonchev–Trinajstić information content (AvgIpc) is 3.32. The number of carboxylic acids is 1. The van der Waals surface area contributed by atoms with Gasteiger partial charge in [0.15, 0.2) is 0 Å². The van der Waals surface area contributed by atoms with Gasteiger partial charge in [-0.2, -0.15) is 5.26 Å². The fourth-order valence-corrected chi connectivity index (χ4v) is 4.67. The molecule has 0 aliphatic rings. The highest BCUT2D eigenvalue weighted by atomic mass is 16.4. The summed E-state index contributed by atoms with van der Waals surface area (Å²) in [5, 5.41) is 21.4. The lowest BCUT2D eigenvalue weighted by atomic mass is 9.93. The first-order chi connectivity index (χ1) is 18.0. The number of nitriles is 1. The van der Waals surface area contributed by atoms with E-state index in [0.717, 1.165) is 38.7 Å². The van der Waals surface area contributed by atoms with E-state index in [0.29, 0.717) is 25.2 Å². The van der Waals surface area contributed by atoms with E-state index in [-0.39, 0.29) is 5.56 Å². The summed E-state index contributed by atoms with van der Waals surface area (Å²) in [6, 6.07) is 29.8. The number of carbonyl (C=O) groups is 1. The average molecular weight is 487 g/mol. The fourth-order valence-electron chi connectivity index (χ4n) is 4.67. The molecule has 1 heterocycles. The maximum Gasteiger partial charge on any atom is 0.335 e. The van der Waals surface area contributed by atoms with E-state index in [9.17, 15) is 15.2 Å². The standard InChI is InChI=1S/C31H26N4O2/c1-34-21-33-17-27(34)20-35(18-22-9-12-25(13-10-22)31(36)37)19-23-11-14-26(16-32)30(15-23)29-8-4-6-24-5-2-3-7-28(24)29/h2-15,17,21H,18-20H2,1H3,(H,36,37). The number of benzene rings is 4. The summed E-state index contributed by atoms with van der Waals surface area (Å²) >= 11 is 0. The number of fused-ring (bicyclic) bond motifs is 1. The van der Waals surface area contributed by atoms with E-state index in [2.05, 4.69) is 46.3 Å². The highest BCUT2D eigenvalue weighted by Crippen LogP contribution is 2.32. The second-order valence-electron chi connectivity index (χ2n) is 9.16. The Bertz CT molecular complexity index is 1610. The van der Waals surface area contributed by atoms with Crippen LogP contribution in [0, 0.1) is 11.3 Å². The predicted molar refractivity (Wildman–Crippen MR) is 144 cm³/mol. The molecule has 0 aliphatic heterocycles. The largest absolute Gasteiger partial charge is 0.478 e. The zero-order valence-electron chi connectivity index (χ0n) is 20.5. The van der Waals surface area contributed by atoms with E-state index < -0.39 is 5.97 Å². The summed E-state index contributed by atoms with van der Waals surface area (Å²) in [4.78, 5) is 17.8. The number of imidazole rings is 1. The van der Waals surface area contributed by atoms with Crippen LogP contribution in [0.2, 0.25) is 0 Å². The predicted octanol–water partition coefficient (Wildman–Crippen LogP) is 6.01. The quantitative estimate of drug-likeness (QED) is 0.290. The first-order valence-electron chi connectivity index (χ1n) is 12.0. The Labute approximate surface area is 215 Å². The molecule has 1 N–H and O–H groups in total. The van der Waals surface area contributed by atoms with Gasteiger partial charge in [0.1, 0.15) is 0 Å². The van der Waals surface area contributed by atoms with Crippen LogP contribution in [0.4, 0.5) is 0 Å². The number of nitrogens with zero attached hydrogens (tertiary/aromatic N) is 4. The van der Waals surface area contributed by atoms with Gasteiger partial charge in [0.2, 0.25) is 0 Å². The van der Waals surface area contributed by atoms with Crippen LogP contribution < -0.4 is 0 Å². The normalized spacial score (nSPS) is 11.1. The molecule has 6 nitrogen and oxygen atoms in total. The zero-order valence-corrected chi connectivity index (χ0v) is 20.5. The second-order valence-corrected chi connectivity index (χ2v) is 9.16. The van der Waals surface area contributed by atoms with E-state index >= 15 is 0 Å². The van der Waals surface area contributed by atoms with E-state index in [4.69, 9.17) is 0 Å².